The van der Waals surface area contributed by atoms with Crippen molar-refractivity contribution < 1.29 is 4.79 Å². The van der Waals surface area contributed by atoms with Crippen LogP contribution in [0.1, 0.15) is 25.7 Å². The third-order valence-electron chi connectivity index (χ3n) is 3.44. The predicted octanol–water partition coefficient (Wildman–Crippen LogP) is 3.90. The number of hydrogen-bond acceptors (Lipinski definition) is 4. The molecule has 1 atom stereocenters. The first-order chi connectivity index (χ1) is 9.23. The number of ketones is 1. The first-order valence-corrected chi connectivity index (χ1v) is 7.88. The molecule has 2 aromatic rings. The van der Waals surface area contributed by atoms with Crippen LogP contribution in [0.15, 0.2) is 28.6 Å². The van der Waals surface area contributed by atoms with Gasteiger partial charge in [0.1, 0.15) is 5.78 Å². The molecule has 1 saturated carbocycles. The van der Waals surface area contributed by atoms with E-state index in [-0.39, 0.29) is 5.78 Å². The summed E-state index contributed by atoms with van der Waals surface area (Å²) in [4.78, 5) is 16.8. The van der Waals surface area contributed by atoms with Crippen LogP contribution in [-0.2, 0) is 4.79 Å². The van der Waals surface area contributed by atoms with Gasteiger partial charge < -0.3 is 0 Å². The summed E-state index contributed by atoms with van der Waals surface area (Å²) in [6.45, 7) is 0. The summed E-state index contributed by atoms with van der Waals surface area (Å²) in [6, 6.07) is 8.04. The van der Waals surface area contributed by atoms with Gasteiger partial charge in [0.2, 0.25) is 0 Å². The maximum atomic E-state index is 12.2. The second-order valence-electron chi connectivity index (χ2n) is 4.70. The Hall–Kier alpha value is -1.31. The van der Waals surface area contributed by atoms with E-state index in [9.17, 15) is 4.79 Å². The molecular formula is C15H13NOS2. The van der Waals surface area contributed by atoms with Crippen LogP contribution < -0.4 is 0 Å². The third kappa shape index (κ3) is 2.29. The number of para-hydroxylation sites is 1. The molecule has 0 amide bonds. The minimum atomic E-state index is -0.428. The molecule has 0 radical (unpaired) electrons. The van der Waals surface area contributed by atoms with Crippen LogP contribution in [0.5, 0.6) is 0 Å². The molecule has 0 spiro atoms. The summed E-state index contributed by atoms with van der Waals surface area (Å²) in [7, 11) is 0. The van der Waals surface area contributed by atoms with Crippen molar-refractivity contribution in [2.75, 3.05) is 0 Å². The van der Waals surface area contributed by atoms with Gasteiger partial charge in [-0.05, 0) is 25.0 Å². The van der Waals surface area contributed by atoms with Gasteiger partial charge in [-0.3, -0.25) is 4.79 Å². The molecule has 0 bridgehead atoms. The number of fused-ring (bicyclic) bond motifs is 1. The Labute approximate surface area is 120 Å². The van der Waals surface area contributed by atoms with Gasteiger partial charge in [0.25, 0.3) is 0 Å². The smallest absolute Gasteiger partial charge is 0.152 e. The molecule has 1 aromatic carbocycles. The van der Waals surface area contributed by atoms with E-state index in [1.807, 2.05) is 18.2 Å². The summed E-state index contributed by atoms with van der Waals surface area (Å²) in [5.41, 5.74) is 0.997. The van der Waals surface area contributed by atoms with Crippen molar-refractivity contribution in [3.63, 3.8) is 0 Å². The van der Waals surface area contributed by atoms with Crippen LogP contribution in [-0.4, -0.2) is 15.5 Å². The van der Waals surface area contributed by atoms with E-state index in [0.29, 0.717) is 12.8 Å². The minimum Gasteiger partial charge on any atom is -0.298 e. The molecule has 0 N–H and O–H groups in total. The average Bonchev–Trinajstić information content (AvgIpc) is 2.94. The molecule has 1 heterocycles. The summed E-state index contributed by atoms with van der Waals surface area (Å²) >= 11 is 3.21. The van der Waals surface area contributed by atoms with Crippen molar-refractivity contribution in [2.24, 2.45) is 0 Å². The highest BCUT2D eigenvalue weighted by molar-refractivity contribution is 8.03. The highest BCUT2D eigenvalue weighted by Gasteiger charge is 2.43. The molecule has 1 aliphatic rings. The van der Waals surface area contributed by atoms with E-state index < -0.39 is 4.75 Å². The molecule has 3 rings (SSSR count). The Morgan fingerprint density at radius 3 is 3.00 bits per heavy atom. The number of thioether (sulfide) groups is 1. The van der Waals surface area contributed by atoms with Gasteiger partial charge in [-0.2, -0.15) is 0 Å². The fraction of sp³-hybridized carbons (Fsp3) is 0.333. The first-order valence-electron chi connectivity index (χ1n) is 6.25. The SMILES string of the molecule is C#CCC1(Sc2nc3ccccc3s2)CCCC1=O. The van der Waals surface area contributed by atoms with Crippen molar-refractivity contribution in [1.29, 1.82) is 0 Å². The molecule has 0 saturated heterocycles. The monoisotopic (exact) mass is 287 g/mol. The van der Waals surface area contributed by atoms with Gasteiger partial charge >= 0.3 is 0 Å². The van der Waals surface area contributed by atoms with Crippen molar-refractivity contribution in [3.05, 3.63) is 24.3 Å². The van der Waals surface area contributed by atoms with E-state index in [0.717, 1.165) is 27.4 Å². The molecule has 4 heteroatoms. The third-order valence-corrected chi connectivity index (χ3v) is 6.00. The van der Waals surface area contributed by atoms with Crippen LogP contribution >= 0.6 is 23.1 Å². The number of nitrogens with zero attached hydrogens (tertiary/aromatic N) is 1. The Morgan fingerprint density at radius 2 is 2.32 bits per heavy atom. The van der Waals surface area contributed by atoms with Gasteiger partial charge in [0.05, 0.1) is 15.0 Å². The Bertz CT molecular complexity index is 637. The van der Waals surface area contributed by atoms with Crippen molar-refractivity contribution in [1.82, 2.24) is 4.98 Å². The van der Waals surface area contributed by atoms with Crippen molar-refractivity contribution in [3.8, 4) is 12.3 Å². The average molecular weight is 287 g/mol. The molecule has 1 unspecified atom stereocenters. The molecule has 0 aliphatic heterocycles. The lowest BCUT2D eigenvalue weighted by molar-refractivity contribution is -0.119. The molecule has 96 valence electrons. The van der Waals surface area contributed by atoms with E-state index in [1.54, 1.807) is 23.1 Å². The quantitative estimate of drug-likeness (QED) is 0.802. The normalized spacial score (nSPS) is 22.8. The van der Waals surface area contributed by atoms with E-state index in [4.69, 9.17) is 6.42 Å². The maximum absolute atomic E-state index is 12.2. The minimum absolute atomic E-state index is 0.287. The standard InChI is InChI=1S/C15H13NOS2/c1-2-9-15(10-5-8-13(15)17)19-14-16-11-6-3-4-7-12(11)18-14/h1,3-4,6-7H,5,8-10H2. The number of terminal acetylenes is 1. The number of benzene rings is 1. The second-order valence-corrected chi connectivity index (χ2v) is 7.36. The van der Waals surface area contributed by atoms with Crippen molar-refractivity contribution >= 4 is 39.1 Å². The zero-order valence-corrected chi connectivity index (χ0v) is 12.0. The lowest BCUT2D eigenvalue weighted by Gasteiger charge is -2.22. The summed E-state index contributed by atoms with van der Waals surface area (Å²) in [5.74, 6) is 2.96. The largest absolute Gasteiger partial charge is 0.298 e. The molecule has 2 nitrogen and oxygen atoms in total. The zero-order chi connectivity index (χ0) is 13.3. The lowest BCUT2D eigenvalue weighted by Crippen LogP contribution is -2.28. The summed E-state index contributed by atoms with van der Waals surface area (Å²) < 4.78 is 1.68. The highest BCUT2D eigenvalue weighted by Crippen LogP contribution is 2.46. The number of carbonyl (C=O) groups is 1. The number of aromatic nitrogens is 1. The van der Waals surface area contributed by atoms with E-state index >= 15 is 0 Å². The lowest BCUT2D eigenvalue weighted by atomic mass is 10.0. The van der Waals surface area contributed by atoms with Gasteiger partial charge in [0, 0.05) is 12.8 Å². The van der Waals surface area contributed by atoms with Crippen LogP contribution in [0, 0.1) is 12.3 Å². The number of carbonyl (C=O) groups excluding carboxylic acids is 1. The first kappa shape index (κ1) is 12.7. The van der Waals surface area contributed by atoms with Crippen LogP contribution in [0.3, 0.4) is 0 Å². The molecule has 1 aromatic heterocycles. The summed E-state index contributed by atoms with van der Waals surface area (Å²) in [5, 5.41) is 0. The molecular weight excluding hydrogens is 274 g/mol. The summed E-state index contributed by atoms with van der Waals surface area (Å²) in [6.07, 6.45) is 8.43. The second kappa shape index (κ2) is 4.99. The number of hydrogen-bond donors (Lipinski definition) is 0. The van der Waals surface area contributed by atoms with Crippen molar-refractivity contribution in [2.45, 2.75) is 34.8 Å². The fourth-order valence-electron chi connectivity index (χ4n) is 2.46. The number of rotatable bonds is 3. The number of thiazole rings is 1. The predicted molar refractivity (Wildman–Crippen MR) is 80.5 cm³/mol. The van der Waals surface area contributed by atoms with Gasteiger partial charge in [-0.25, -0.2) is 4.98 Å². The zero-order valence-electron chi connectivity index (χ0n) is 10.4. The molecule has 19 heavy (non-hydrogen) atoms. The Balaban J connectivity index is 1.94. The highest BCUT2D eigenvalue weighted by atomic mass is 32.2. The van der Waals surface area contributed by atoms with Crippen LogP contribution in [0.25, 0.3) is 10.2 Å². The van der Waals surface area contributed by atoms with E-state index in [2.05, 4.69) is 17.0 Å². The number of Topliss-reactive ketones (excluding diaryl/α,β-unsaturated/α-hetero) is 1. The van der Waals surface area contributed by atoms with Gasteiger partial charge in [-0.15, -0.1) is 23.7 Å². The Morgan fingerprint density at radius 1 is 1.47 bits per heavy atom. The van der Waals surface area contributed by atoms with E-state index in [1.165, 1.54) is 0 Å². The molecule has 1 aliphatic carbocycles. The molecule has 1 fully saturated rings. The van der Waals surface area contributed by atoms with Crippen LogP contribution in [0.2, 0.25) is 0 Å². The topological polar surface area (TPSA) is 30.0 Å². The Kier molecular flexibility index (Phi) is 3.34. The van der Waals surface area contributed by atoms with Gasteiger partial charge in [-0.1, -0.05) is 23.9 Å². The van der Waals surface area contributed by atoms with Gasteiger partial charge in [0.15, 0.2) is 4.34 Å². The fourth-order valence-corrected chi connectivity index (χ4v) is 5.17. The maximum Gasteiger partial charge on any atom is 0.152 e. The van der Waals surface area contributed by atoms with Crippen LogP contribution in [0.4, 0.5) is 0 Å².